The summed E-state index contributed by atoms with van der Waals surface area (Å²) < 4.78 is 5.60. The van der Waals surface area contributed by atoms with Gasteiger partial charge in [-0.25, -0.2) is 0 Å². The number of hydrogen-bond donors (Lipinski definition) is 2. The first kappa shape index (κ1) is 13.3. The van der Waals surface area contributed by atoms with Gasteiger partial charge in [0.25, 0.3) is 0 Å². The van der Waals surface area contributed by atoms with Crippen molar-refractivity contribution < 1.29 is 9.52 Å². The van der Waals surface area contributed by atoms with Gasteiger partial charge < -0.3 is 14.8 Å². The van der Waals surface area contributed by atoms with Crippen LogP contribution >= 0.6 is 0 Å². The average molecular weight is 225 g/mol. The van der Waals surface area contributed by atoms with Crippen molar-refractivity contribution in [3.63, 3.8) is 0 Å². The second kappa shape index (κ2) is 6.06. The first-order chi connectivity index (χ1) is 7.57. The predicted molar refractivity (Wildman–Crippen MR) is 65.3 cm³/mol. The van der Waals surface area contributed by atoms with E-state index in [2.05, 4.69) is 26.1 Å². The Morgan fingerprint density at radius 1 is 1.31 bits per heavy atom. The number of aliphatic hydroxyl groups is 1. The summed E-state index contributed by atoms with van der Waals surface area (Å²) in [6.45, 7) is 8.27. The van der Waals surface area contributed by atoms with Gasteiger partial charge in [0.05, 0.1) is 6.54 Å². The molecule has 0 radical (unpaired) electrons. The summed E-state index contributed by atoms with van der Waals surface area (Å²) in [4.78, 5) is 0. The SMILES string of the molecule is CCc1ccc(CNCC(C)(C)CCO)o1. The fourth-order valence-corrected chi connectivity index (χ4v) is 1.62. The molecule has 0 aliphatic heterocycles. The molecule has 16 heavy (non-hydrogen) atoms. The maximum absolute atomic E-state index is 8.91. The lowest BCUT2D eigenvalue weighted by Crippen LogP contribution is -2.29. The van der Waals surface area contributed by atoms with E-state index < -0.39 is 0 Å². The molecule has 0 amide bonds. The van der Waals surface area contributed by atoms with Gasteiger partial charge in [0.2, 0.25) is 0 Å². The van der Waals surface area contributed by atoms with Crippen molar-refractivity contribution in [2.45, 2.75) is 40.2 Å². The fourth-order valence-electron chi connectivity index (χ4n) is 1.62. The van der Waals surface area contributed by atoms with Gasteiger partial charge in [0.1, 0.15) is 11.5 Å². The lowest BCUT2D eigenvalue weighted by Gasteiger charge is -2.23. The van der Waals surface area contributed by atoms with Crippen molar-refractivity contribution in [2.24, 2.45) is 5.41 Å². The second-order valence-electron chi connectivity index (χ2n) is 4.96. The maximum Gasteiger partial charge on any atom is 0.117 e. The molecule has 0 bridgehead atoms. The van der Waals surface area contributed by atoms with Crippen LogP contribution in [0.1, 0.15) is 38.7 Å². The van der Waals surface area contributed by atoms with E-state index in [0.717, 1.165) is 37.5 Å². The van der Waals surface area contributed by atoms with Crippen LogP contribution in [0.4, 0.5) is 0 Å². The first-order valence-corrected chi connectivity index (χ1v) is 5.96. The van der Waals surface area contributed by atoms with Crippen LogP contribution in [-0.4, -0.2) is 18.3 Å². The van der Waals surface area contributed by atoms with Crippen LogP contribution in [-0.2, 0) is 13.0 Å². The molecule has 0 aromatic carbocycles. The third kappa shape index (κ3) is 4.37. The summed E-state index contributed by atoms with van der Waals surface area (Å²) in [6, 6.07) is 4.04. The van der Waals surface area contributed by atoms with Crippen LogP contribution in [0.2, 0.25) is 0 Å². The highest BCUT2D eigenvalue weighted by Gasteiger charge is 2.16. The number of furan rings is 1. The largest absolute Gasteiger partial charge is 0.465 e. The summed E-state index contributed by atoms with van der Waals surface area (Å²) >= 11 is 0. The van der Waals surface area contributed by atoms with E-state index in [1.165, 1.54) is 0 Å². The number of aryl methyl sites for hydroxylation is 1. The van der Waals surface area contributed by atoms with Crippen molar-refractivity contribution in [2.75, 3.05) is 13.2 Å². The van der Waals surface area contributed by atoms with E-state index in [9.17, 15) is 0 Å². The van der Waals surface area contributed by atoms with Gasteiger partial charge in [-0.2, -0.15) is 0 Å². The Hall–Kier alpha value is -0.800. The molecule has 3 heteroatoms. The highest BCUT2D eigenvalue weighted by Crippen LogP contribution is 2.18. The summed E-state index contributed by atoms with van der Waals surface area (Å²) in [5, 5.41) is 12.3. The Kier molecular flexibility index (Phi) is 5.03. The Bertz CT molecular complexity index is 305. The zero-order valence-corrected chi connectivity index (χ0v) is 10.5. The molecule has 92 valence electrons. The Morgan fingerprint density at radius 2 is 2.00 bits per heavy atom. The molecule has 0 spiro atoms. The van der Waals surface area contributed by atoms with Crippen LogP contribution in [0.25, 0.3) is 0 Å². The summed E-state index contributed by atoms with van der Waals surface area (Å²) in [7, 11) is 0. The molecule has 1 aromatic heterocycles. The minimum atomic E-state index is 0.134. The summed E-state index contributed by atoms with van der Waals surface area (Å²) in [6.07, 6.45) is 1.76. The van der Waals surface area contributed by atoms with E-state index >= 15 is 0 Å². The molecule has 1 aromatic rings. The predicted octanol–water partition coefficient (Wildman–Crippen LogP) is 2.34. The van der Waals surface area contributed by atoms with E-state index in [1.54, 1.807) is 0 Å². The smallest absolute Gasteiger partial charge is 0.117 e. The number of hydrogen-bond acceptors (Lipinski definition) is 3. The monoisotopic (exact) mass is 225 g/mol. The molecule has 1 rings (SSSR count). The maximum atomic E-state index is 8.91. The van der Waals surface area contributed by atoms with E-state index in [-0.39, 0.29) is 12.0 Å². The lowest BCUT2D eigenvalue weighted by molar-refractivity contribution is 0.206. The van der Waals surface area contributed by atoms with Crippen LogP contribution in [0.15, 0.2) is 16.5 Å². The zero-order chi connectivity index (χ0) is 12.0. The number of nitrogens with one attached hydrogen (secondary N) is 1. The molecule has 3 nitrogen and oxygen atoms in total. The van der Waals surface area contributed by atoms with E-state index in [0.29, 0.717) is 0 Å². The van der Waals surface area contributed by atoms with Crippen molar-refractivity contribution >= 4 is 0 Å². The molecule has 0 aliphatic rings. The topological polar surface area (TPSA) is 45.4 Å². The molecule has 1 heterocycles. The Morgan fingerprint density at radius 3 is 2.56 bits per heavy atom. The fraction of sp³-hybridized carbons (Fsp3) is 0.692. The molecule has 2 N–H and O–H groups in total. The van der Waals surface area contributed by atoms with Crippen molar-refractivity contribution in [3.05, 3.63) is 23.7 Å². The average Bonchev–Trinajstić information content (AvgIpc) is 2.65. The van der Waals surface area contributed by atoms with Crippen molar-refractivity contribution in [1.82, 2.24) is 5.32 Å². The van der Waals surface area contributed by atoms with Gasteiger partial charge in [-0.1, -0.05) is 20.8 Å². The normalized spacial score (nSPS) is 12.0. The van der Waals surface area contributed by atoms with Crippen molar-refractivity contribution in [1.29, 1.82) is 0 Å². The number of rotatable bonds is 7. The van der Waals surface area contributed by atoms with Crippen LogP contribution < -0.4 is 5.32 Å². The molecule has 0 saturated heterocycles. The highest BCUT2D eigenvalue weighted by atomic mass is 16.3. The summed E-state index contributed by atoms with van der Waals surface area (Å²) in [5.41, 5.74) is 0.134. The lowest BCUT2D eigenvalue weighted by atomic mass is 9.90. The Labute approximate surface area is 97.9 Å². The molecule has 0 unspecified atom stereocenters. The minimum Gasteiger partial charge on any atom is -0.465 e. The van der Waals surface area contributed by atoms with E-state index in [4.69, 9.17) is 9.52 Å². The van der Waals surface area contributed by atoms with Gasteiger partial charge in [-0.05, 0) is 24.0 Å². The number of aliphatic hydroxyl groups excluding tert-OH is 1. The van der Waals surface area contributed by atoms with Gasteiger partial charge >= 0.3 is 0 Å². The molecule has 0 fully saturated rings. The Balaban J connectivity index is 2.29. The summed E-state index contributed by atoms with van der Waals surface area (Å²) in [5.74, 6) is 2.02. The molecule has 0 saturated carbocycles. The minimum absolute atomic E-state index is 0.134. The molecule has 0 atom stereocenters. The third-order valence-corrected chi connectivity index (χ3v) is 2.76. The van der Waals surface area contributed by atoms with Crippen molar-refractivity contribution in [3.8, 4) is 0 Å². The first-order valence-electron chi connectivity index (χ1n) is 5.96. The van der Waals surface area contributed by atoms with Gasteiger partial charge in [0, 0.05) is 19.6 Å². The molecular weight excluding hydrogens is 202 g/mol. The van der Waals surface area contributed by atoms with Crippen LogP contribution in [0, 0.1) is 5.41 Å². The highest BCUT2D eigenvalue weighted by molar-refractivity contribution is 5.06. The quantitative estimate of drug-likeness (QED) is 0.748. The van der Waals surface area contributed by atoms with Gasteiger partial charge in [0.15, 0.2) is 0 Å². The third-order valence-electron chi connectivity index (χ3n) is 2.76. The molecule has 0 aliphatic carbocycles. The van der Waals surface area contributed by atoms with E-state index in [1.807, 2.05) is 12.1 Å². The standard InChI is InChI=1S/C13H23NO2/c1-4-11-5-6-12(16-11)9-14-10-13(2,3)7-8-15/h5-6,14-15H,4,7-10H2,1-3H3. The molecular formula is C13H23NO2. The van der Waals surface area contributed by atoms with Gasteiger partial charge in [-0.15, -0.1) is 0 Å². The van der Waals surface area contributed by atoms with Gasteiger partial charge in [-0.3, -0.25) is 0 Å². The zero-order valence-electron chi connectivity index (χ0n) is 10.5. The van der Waals surface area contributed by atoms with Crippen LogP contribution in [0.3, 0.4) is 0 Å². The van der Waals surface area contributed by atoms with Crippen LogP contribution in [0.5, 0.6) is 0 Å². The second-order valence-corrected chi connectivity index (χ2v) is 4.96.